The van der Waals surface area contributed by atoms with Crippen LogP contribution in [0.25, 0.3) is 10.8 Å². The van der Waals surface area contributed by atoms with E-state index in [4.69, 9.17) is 0 Å². The van der Waals surface area contributed by atoms with Gasteiger partial charge in [-0.3, -0.25) is 0 Å². The summed E-state index contributed by atoms with van der Waals surface area (Å²) in [7, 11) is 2.04. The summed E-state index contributed by atoms with van der Waals surface area (Å²) < 4.78 is 4.26. The highest BCUT2D eigenvalue weighted by Gasteiger charge is 2.05. The predicted octanol–water partition coefficient (Wildman–Crippen LogP) is 2.51. The van der Waals surface area contributed by atoms with E-state index in [1.54, 1.807) is 0 Å². The predicted molar refractivity (Wildman–Crippen MR) is 68.7 cm³/mol. The van der Waals surface area contributed by atoms with Crippen molar-refractivity contribution < 1.29 is 4.57 Å². The maximum atomic E-state index is 2.20. The third-order valence-corrected chi connectivity index (χ3v) is 3.06. The molecule has 0 aliphatic rings. The number of imidazole rings is 1. The zero-order valence-electron chi connectivity index (χ0n) is 9.88. The molecule has 0 unspecified atom stereocenters. The Morgan fingerprint density at radius 1 is 1.06 bits per heavy atom. The van der Waals surface area contributed by atoms with Crippen LogP contribution in [0.3, 0.4) is 0 Å². The van der Waals surface area contributed by atoms with Crippen LogP contribution in [0, 0.1) is 0 Å². The van der Waals surface area contributed by atoms with E-state index in [1.165, 1.54) is 16.3 Å². The number of hydrogen-bond donors (Lipinski definition) is 0. The number of nitrogens with zero attached hydrogens (tertiary/aromatic N) is 2. The maximum absolute atomic E-state index is 2.20. The summed E-state index contributed by atoms with van der Waals surface area (Å²) >= 11 is 0. The normalized spacial score (nSPS) is 10.9. The summed E-state index contributed by atoms with van der Waals surface area (Å²) in [5.41, 5.74) is 1.36. The average Bonchev–Trinajstić information content (AvgIpc) is 2.75. The van der Waals surface area contributed by atoms with Gasteiger partial charge >= 0.3 is 0 Å². The zero-order valence-corrected chi connectivity index (χ0v) is 9.88. The summed E-state index contributed by atoms with van der Waals surface area (Å²) in [6.07, 6.45) is 6.26. The molecule has 2 aromatic carbocycles. The largest absolute Gasteiger partial charge is 0.243 e. The molecule has 17 heavy (non-hydrogen) atoms. The molecule has 0 aliphatic heterocycles. The minimum absolute atomic E-state index is 0.919. The number of aryl methyl sites for hydroxylation is 1. The minimum atomic E-state index is 0.919. The van der Waals surface area contributed by atoms with E-state index in [9.17, 15) is 0 Å². The minimum Gasteiger partial charge on any atom is -0.240 e. The number of benzene rings is 2. The summed E-state index contributed by atoms with van der Waals surface area (Å²) in [5, 5.41) is 2.65. The Hall–Kier alpha value is -2.09. The van der Waals surface area contributed by atoms with E-state index in [1.807, 2.05) is 7.05 Å². The van der Waals surface area contributed by atoms with Crippen molar-refractivity contribution in [1.29, 1.82) is 0 Å². The Balaban J connectivity index is 2.05. The van der Waals surface area contributed by atoms with Crippen molar-refractivity contribution in [3.63, 3.8) is 0 Å². The molecule has 0 fully saturated rings. The van der Waals surface area contributed by atoms with E-state index in [0.717, 1.165) is 6.54 Å². The smallest absolute Gasteiger partial charge is 0.240 e. The molecular weight excluding hydrogens is 208 g/mol. The van der Waals surface area contributed by atoms with Gasteiger partial charge in [-0.1, -0.05) is 42.5 Å². The lowest BCUT2D eigenvalue weighted by atomic mass is 10.0. The molecule has 0 radical (unpaired) electrons. The first-order valence-corrected chi connectivity index (χ1v) is 5.80. The van der Waals surface area contributed by atoms with Gasteiger partial charge in [-0.25, -0.2) is 9.13 Å². The fourth-order valence-electron chi connectivity index (χ4n) is 2.22. The van der Waals surface area contributed by atoms with Crippen LogP contribution in [-0.4, -0.2) is 4.57 Å². The van der Waals surface area contributed by atoms with E-state index in [-0.39, 0.29) is 0 Å². The SMILES string of the molecule is C[n+]1ccn(Cc2cccc3ccccc23)c1. The Morgan fingerprint density at radius 2 is 1.88 bits per heavy atom. The summed E-state index contributed by atoms with van der Waals surface area (Å²) in [6, 6.07) is 15.0. The molecule has 0 atom stereocenters. The first-order valence-electron chi connectivity index (χ1n) is 5.80. The molecule has 0 saturated carbocycles. The van der Waals surface area contributed by atoms with Gasteiger partial charge < -0.3 is 0 Å². The fourth-order valence-corrected chi connectivity index (χ4v) is 2.22. The highest BCUT2D eigenvalue weighted by atomic mass is 15.1. The highest BCUT2D eigenvalue weighted by molar-refractivity contribution is 5.85. The molecule has 0 amide bonds. The van der Waals surface area contributed by atoms with Gasteiger partial charge in [0.15, 0.2) is 0 Å². The molecule has 3 rings (SSSR count). The number of hydrogen-bond acceptors (Lipinski definition) is 0. The van der Waals surface area contributed by atoms with Crippen molar-refractivity contribution in [2.24, 2.45) is 7.05 Å². The van der Waals surface area contributed by atoms with Crippen LogP contribution < -0.4 is 4.57 Å². The summed E-state index contributed by atoms with van der Waals surface area (Å²) in [4.78, 5) is 0. The second kappa shape index (κ2) is 4.06. The van der Waals surface area contributed by atoms with Crippen LogP contribution in [0.2, 0.25) is 0 Å². The van der Waals surface area contributed by atoms with Crippen LogP contribution in [0.1, 0.15) is 5.56 Å². The molecule has 0 N–H and O–H groups in total. The second-order valence-electron chi connectivity index (χ2n) is 4.39. The van der Waals surface area contributed by atoms with Crippen LogP contribution in [-0.2, 0) is 13.6 Å². The first-order chi connectivity index (χ1) is 8.33. The fraction of sp³-hybridized carbons (Fsp3) is 0.133. The second-order valence-corrected chi connectivity index (χ2v) is 4.39. The summed E-state index contributed by atoms with van der Waals surface area (Å²) in [5.74, 6) is 0. The van der Waals surface area contributed by atoms with Crippen LogP contribution in [0.4, 0.5) is 0 Å². The van der Waals surface area contributed by atoms with E-state index >= 15 is 0 Å². The van der Waals surface area contributed by atoms with Gasteiger partial charge in [-0.05, 0) is 10.8 Å². The van der Waals surface area contributed by atoms with Crippen LogP contribution in [0.15, 0.2) is 61.2 Å². The molecule has 0 aliphatic carbocycles. The summed E-state index contributed by atoms with van der Waals surface area (Å²) in [6.45, 7) is 0.919. The molecule has 2 heteroatoms. The van der Waals surface area contributed by atoms with Crippen molar-refractivity contribution in [1.82, 2.24) is 4.57 Å². The molecule has 1 aromatic heterocycles. The third kappa shape index (κ3) is 1.94. The van der Waals surface area contributed by atoms with Gasteiger partial charge in [0.2, 0.25) is 6.33 Å². The van der Waals surface area contributed by atoms with Crippen molar-refractivity contribution in [2.45, 2.75) is 6.54 Å². The number of rotatable bonds is 2. The Bertz CT molecular complexity index is 647. The number of aromatic nitrogens is 2. The number of fused-ring (bicyclic) bond motifs is 1. The van der Waals surface area contributed by atoms with Gasteiger partial charge in [-0.2, -0.15) is 0 Å². The van der Waals surface area contributed by atoms with E-state index in [0.29, 0.717) is 0 Å². The van der Waals surface area contributed by atoms with Gasteiger partial charge in [0.25, 0.3) is 0 Å². The maximum Gasteiger partial charge on any atom is 0.243 e. The molecule has 0 bridgehead atoms. The zero-order chi connectivity index (χ0) is 11.7. The lowest BCUT2D eigenvalue weighted by Gasteiger charge is -2.03. The lowest BCUT2D eigenvalue weighted by molar-refractivity contribution is -0.671. The Labute approximate surface area is 101 Å². The Kier molecular flexibility index (Phi) is 2.41. The van der Waals surface area contributed by atoms with Crippen molar-refractivity contribution in [2.75, 3.05) is 0 Å². The molecule has 2 nitrogen and oxygen atoms in total. The molecule has 0 saturated heterocycles. The van der Waals surface area contributed by atoms with E-state index < -0.39 is 0 Å². The van der Waals surface area contributed by atoms with Crippen LogP contribution >= 0.6 is 0 Å². The molecule has 84 valence electrons. The van der Waals surface area contributed by atoms with Gasteiger partial charge in [0.05, 0.1) is 7.05 Å². The van der Waals surface area contributed by atoms with Crippen molar-refractivity contribution >= 4 is 10.8 Å². The topological polar surface area (TPSA) is 8.81 Å². The average molecular weight is 223 g/mol. The molecular formula is C15H15N2+. The van der Waals surface area contributed by atoms with E-state index in [2.05, 4.69) is 70.3 Å². The highest BCUT2D eigenvalue weighted by Crippen LogP contribution is 2.19. The standard InChI is InChI=1S/C15H15N2/c1-16-9-10-17(12-16)11-14-7-4-6-13-5-2-3-8-15(13)14/h2-10,12H,11H2,1H3/q+1. The van der Waals surface area contributed by atoms with Crippen LogP contribution in [0.5, 0.6) is 0 Å². The first kappa shape index (κ1) is 10.1. The monoisotopic (exact) mass is 223 g/mol. The van der Waals surface area contributed by atoms with Gasteiger partial charge in [0, 0.05) is 5.56 Å². The van der Waals surface area contributed by atoms with Crippen molar-refractivity contribution in [3.05, 3.63) is 66.7 Å². The lowest BCUT2D eigenvalue weighted by Crippen LogP contribution is -2.23. The molecule has 1 heterocycles. The van der Waals surface area contributed by atoms with Gasteiger partial charge in [-0.15, -0.1) is 0 Å². The third-order valence-electron chi connectivity index (χ3n) is 3.06. The van der Waals surface area contributed by atoms with Crippen molar-refractivity contribution in [3.8, 4) is 0 Å². The molecule has 3 aromatic rings. The quantitative estimate of drug-likeness (QED) is 0.590. The van der Waals surface area contributed by atoms with Gasteiger partial charge in [0.1, 0.15) is 18.9 Å². The molecule has 0 spiro atoms. The Morgan fingerprint density at radius 3 is 2.71 bits per heavy atom.